The average Bonchev–Trinajstić information content (AvgIpc) is 2.96. The van der Waals surface area contributed by atoms with Crippen LogP contribution in [0.2, 0.25) is 0 Å². The Morgan fingerprint density at radius 3 is 2.25 bits per heavy atom. The van der Waals surface area contributed by atoms with E-state index in [1.54, 1.807) is 0 Å². The van der Waals surface area contributed by atoms with Gasteiger partial charge in [0.1, 0.15) is 6.04 Å². The summed E-state index contributed by atoms with van der Waals surface area (Å²) in [4.78, 5) is 22.5. The molecule has 2 aromatic carbocycles. The van der Waals surface area contributed by atoms with Gasteiger partial charge in [0.25, 0.3) is 5.69 Å². The van der Waals surface area contributed by atoms with Gasteiger partial charge in [-0.15, -0.1) is 0 Å². The van der Waals surface area contributed by atoms with E-state index in [9.17, 15) is 36.5 Å². The zero-order valence-electron chi connectivity index (χ0n) is 16.7. The number of hydrogen-bond donors (Lipinski definition) is 1. The second kappa shape index (κ2) is 9.25. The van der Waals surface area contributed by atoms with Crippen LogP contribution >= 0.6 is 0 Å². The molecule has 0 radical (unpaired) electrons. The van der Waals surface area contributed by atoms with Crippen LogP contribution in [-0.2, 0) is 27.5 Å². The molecule has 2 aromatic rings. The summed E-state index contributed by atoms with van der Waals surface area (Å²) < 4.78 is 66.3. The number of benzene rings is 2. The summed E-state index contributed by atoms with van der Waals surface area (Å²) in [7, 11) is -4.37. The molecule has 0 bridgehead atoms. The second-order valence-corrected chi connectivity index (χ2v) is 9.19. The van der Waals surface area contributed by atoms with Crippen molar-refractivity contribution in [2.24, 2.45) is 0 Å². The predicted molar refractivity (Wildman–Crippen MR) is 108 cm³/mol. The number of carbonyl (C=O) groups excluding carboxylic acids is 1. The van der Waals surface area contributed by atoms with E-state index < -0.39 is 38.6 Å². The minimum Gasteiger partial charge on any atom is -0.355 e. The summed E-state index contributed by atoms with van der Waals surface area (Å²) in [5, 5.41) is 13.5. The highest BCUT2D eigenvalue weighted by atomic mass is 32.2. The number of alkyl halides is 3. The van der Waals surface area contributed by atoms with E-state index in [-0.39, 0.29) is 23.5 Å². The van der Waals surface area contributed by atoms with Crippen molar-refractivity contribution in [3.8, 4) is 0 Å². The third kappa shape index (κ3) is 5.25. The fourth-order valence-electron chi connectivity index (χ4n) is 3.41. The maximum Gasteiger partial charge on any atom is 0.416 e. The van der Waals surface area contributed by atoms with Crippen molar-refractivity contribution >= 4 is 21.6 Å². The van der Waals surface area contributed by atoms with Gasteiger partial charge in [-0.3, -0.25) is 14.9 Å². The molecule has 0 aliphatic carbocycles. The first-order valence-electron chi connectivity index (χ1n) is 9.70. The highest BCUT2D eigenvalue weighted by Crippen LogP contribution is 2.31. The van der Waals surface area contributed by atoms with Gasteiger partial charge in [-0.05, 0) is 49.1 Å². The highest BCUT2D eigenvalue weighted by molar-refractivity contribution is 7.89. The molecule has 1 N–H and O–H groups in total. The molecule has 1 amide bonds. The molecule has 1 unspecified atom stereocenters. The Hall–Kier alpha value is -2.99. The SMILES string of the molecule is O=C1NCCCCC1N(Cc1ccc([N+](=O)[O-])cc1)S(=O)(=O)c1ccc(C(F)(F)F)cc1. The number of nitro benzene ring substituents is 1. The molecule has 1 aliphatic heterocycles. The van der Waals surface area contributed by atoms with Crippen LogP contribution in [0.4, 0.5) is 18.9 Å². The number of hydrogen-bond acceptors (Lipinski definition) is 5. The Bertz CT molecular complexity index is 1090. The lowest BCUT2D eigenvalue weighted by atomic mass is 10.1. The van der Waals surface area contributed by atoms with Crippen LogP contribution in [0.15, 0.2) is 53.4 Å². The minimum atomic E-state index is -4.62. The molecule has 1 saturated heterocycles. The maximum atomic E-state index is 13.4. The Morgan fingerprint density at radius 1 is 1.06 bits per heavy atom. The van der Waals surface area contributed by atoms with Gasteiger partial charge in [-0.1, -0.05) is 12.1 Å². The maximum absolute atomic E-state index is 13.4. The first-order chi connectivity index (χ1) is 15.0. The molecule has 0 saturated carbocycles. The van der Waals surface area contributed by atoms with Gasteiger partial charge < -0.3 is 5.32 Å². The molecule has 3 rings (SSSR count). The number of nitrogens with zero attached hydrogens (tertiary/aromatic N) is 2. The molecule has 12 heteroatoms. The predicted octanol–water partition coefficient (Wildman–Crippen LogP) is 3.47. The van der Waals surface area contributed by atoms with Gasteiger partial charge in [0.15, 0.2) is 0 Å². The van der Waals surface area contributed by atoms with E-state index >= 15 is 0 Å². The van der Waals surface area contributed by atoms with Crippen molar-refractivity contribution in [3.63, 3.8) is 0 Å². The molecule has 8 nitrogen and oxygen atoms in total. The van der Waals surface area contributed by atoms with Crippen LogP contribution in [0.25, 0.3) is 0 Å². The quantitative estimate of drug-likeness (QED) is 0.513. The number of carbonyl (C=O) groups is 1. The molecular formula is C20H20F3N3O5S. The molecular weight excluding hydrogens is 451 g/mol. The van der Waals surface area contributed by atoms with E-state index in [0.29, 0.717) is 37.1 Å². The Labute approximate surface area is 182 Å². The Balaban J connectivity index is 2.00. The number of rotatable bonds is 6. The minimum absolute atomic E-state index is 0.182. The summed E-state index contributed by atoms with van der Waals surface area (Å²) in [5.41, 5.74) is -0.785. The second-order valence-electron chi connectivity index (χ2n) is 7.30. The smallest absolute Gasteiger partial charge is 0.355 e. The Morgan fingerprint density at radius 2 is 1.69 bits per heavy atom. The van der Waals surface area contributed by atoms with Crippen LogP contribution in [0.3, 0.4) is 0 Å². The lowest BCUT2D eigenvalue weighted by Crippen LogP contribution is -2.48. The summed E-state index contributed by atoms with van der Waals surface area (Å²) in [5.74, 6) is -0.500. The molecule has 0 aromatic heterocycles. The van der Waals surface area contributed by atoms with Crippen LogP contribution in [0.5, 0.6) is 0 Å². The summed E-state index contributed by atoms with van der Waals surface area (Å²) >= 11 is 0. The van der Waals surface area contributed by atoms with Gasteiger partial charge in [-0.2, -0.15) is 17.5 Å². The zero-order valence-corrected chi connectivity index (χ0v) is 17.5. The molecule has 1 heterocycles. The third-order valence-electron chi connectivity index (χ3n) is 5.13. The van der Waals surface area contributed by atoms with Crippen molar-refractivity contribution in [2.75, 3.05) is 6.54 Å². The number of non-ortho nitro benzene ring substituents is 1. The lowest BCUT2D eigenvalue weighted by Gasteiger charge is -2.29. The standard InChI is InChI=1S/C20H20F3N3O5S/c21-20(22,23)15-6-10-17(11-7-15)32(30,31)25(18-3-1-2-12-24-19(18)27)13-14-4-8-16(9-5-14)26(28)29/h4-11,18H,1-3,12-13H2,(H,24,27). The number of nitrogens with one attached hydrogen (secondary N) is 1. The van der Waals surface area contributed by atoms with Crippen molar-refractivity contribution in [1.29, 1.82) is 0 Å². The van der Waals surface area contributed by atoms with Crippen molar-refractivity contribution < 1.29 is 31.3 Å². The molecule has 1 atom stereocenters. The molecule has 1 fully saturated rings. The molecule has 0 spiro atoms. The van der Waals surface area contributed by atoms with Crippen LogP contribution in [0.1, 0.15) is 30.4 Å². The number of amides is 1. The van der Waals surface area contributed by atoms with E-state index in [1.165, 1.54) is 24.3 Å². The van der Waals surface area contributed by atoms with E-state index in [1.807, 2.05) is 0 Å². The monoisotopic (exact) mass is 471 g/mol. The van der Waals surface area contributed by atoms with Crippen LogP contribution in [0, 0.1) is 10.1 Å². The van der Waals surface area contributed by atoms with Gasteiger partial charge in [0.2, 0.25) is 15.9 Å². The highest BCUT2D eigenvalue weighted by Gasteiger charge is 2.37. The number of sulfonamides is 1. The summed E-state index contributed by atoms with van der Waals surface area (Å²) in [6, 6.07) is 7.17. The molecule has 1 aliphatic rings. The van der Waals surface area contributed by atoms with E-state index in [0.717, 1.165) is 16.4 Å². The fourth-order valence-corrected chi connectivity index (χ4v) is 5.02. The van der Waals surface area contributed by atoms with Gasteiger partial charge in [0.05, 0.1) is 15.4 Å². The third-order valence-corrected chi connectivity index (χ3v) is 7.00. The Kier molecular flexibility index (Phi) is 6.84. The first-order valence-corrected chi connectivity index (χ1v) is 11.1. The summed E-state index contributed by atoms with van der Waals surface area (Å²) in [6.45, 7) is 0.112. The summed E-state index contributed by atoms with van der Waals surface area (Å²) in [6.07, 6.45) is -3.16. The van der Waals surface area contributed by atoms with Gasteiger partial charge in [-0.25, -0.2) is 8.42 Å². The lowest BCUT2D eigenvalue weighted by molar-refractivity contribution is -0.384. The molecule has 32 heavy (non-hydrogen) atoms. The van der Waals surface area contributed by atoms with Crippen LogP contribution < -0.4 is 5.32 Å². The van der Waals surface area contributed by atoms with E-state index in [2.05, 4.69) is 5.32 Å². The topological polar surface area (TPSA) is 110 Å². The largest absolute Gasteiger partial charge is 0.416 e. The van der Waals surface area contributed by atoms with Crippen molar-refractivity contribution in [2.45, 2.75) is 42.9 Å². The molecule has 172 valence electrons. The van der Waals surface area contributed by atoms with Gasteiger partial charge in [0, 0.05) is 25.2 Å². The zero-order chi connectivity index (χ0) is 23.5. The average molecular weight is 471 g/mol. The fraction of sp³-hybridized carbons (Fsp3) is 0.350. The van der Waals surface area contributed by atoms with Crippen molar-refractivity contribution in [3.05, 3.63) is 69.8 Å². The normalized spacial score (nSPS) is 17.6. The van der Waals surface area contributed by atoms with Crippen LogP contribution in [-0.4, -0.2) is 36.1 Å². The number of halogens is 3. The van der Waals surface area contributed by atoms with Crippen molar-refractivity contribution in [1.82, 2.24) is 9.62 Å². The first kappa shape index (κ1) is 23.7. The van der Waals surface area contributed by atoms with Gasteiger partial charge >= 0.3 is 6.18 Å². The number of nitro groups is 1. The van der Waals surface area contributed by atoms with E-state index in [4.69, 9.17) is 0 Å².